The summed E-state index contributed by atoms with van der Waals surface area (Å²) in [4.78, 5) is 3.95. The second kappa shape index (κ2) is 3.01. The van der Waals surface area contributed by atoms with Crippen molar-refractivity contribution < 1.29 is 9.13 Å². The standard InChI is InChI=1S/C10H8FNO/c1-13-10-5-8(11)4-7-2-3-12-6-9(7)10/h2-6H,1H3. The lowest BCUT2D eigenvalue weighted by Gasteiger charge is -2.04. The van der Waals surface area contributed by atoms with Gasteiger partial charge in [0.25, 0.3) is 0 Å². The molecule has 0 saturated carbocycles. The quantitative estimate of drug-likeness (QED) is 0.667. The van der Waals surface area contributed by atoms with E-state index in [0.717, 1.165) is 10.8 Å². The highest BCUT2D eigenvalue weighted by Crippen LogP contribution is 2.25. The van der Waals surface area contributed by atoms with Gasteiger partial charge >= 0.3 is 0 Å². The molecule has 0 spiro atoms. The summed E-state index contributed by atoms with van der Waals surface area (Å²) in [5.74, 6) is 0.221. The third-order valence-corrected chi connectivity index (χ3v) is 1.90. The van der Waals surface area contributed by atoms with Crippen molar-refractivity contribution in [3.05, 3.63) is 36.4 Å². The molecule has 2 rings (SSSR count). The van der Waals surface area contributed by atoms with Gasteiger partial charge in [0.2, 0.25) is 0 Å². The van der Waals surface area contributed by atoms with Crippen molar-refractivity contribution in [2.75, 3.05) is 7.11 Å². The van der Waals surface area contributed by atoms with Gasteiger partial charge in [-0.2, -0.15) is 0 Å². The highest BCUT2D eigenvalue weighted by molar-refractivity contribution is 5.87. The summed E-state index contributed by atoms with van der Waals surface area (Å²) < 4.78 is 18.0. The Labute approximate surface area is 75.0 Å². The number of methoxy groups -OCH3 is 1. The average molecular weight is 177 g/mol. The van der Waals surface area contributed by atoms with Crippen molar-refractivity contribution >= 4 is 10.8 Å². The van der Waals surface area contributed by atoms with E-state index in [1.807, 2.05) is 0 Å². The van der Waals surface area contributed by atoms with Crippen molar-refractivity contribution in [1.29, 1.82) is 0 Å². The molecule has 0 amide bonds. The number of hydrogen-bond donors (Lipinski definition) is 0. The molecule has 0 aliphatic heterocycles. The maximum Gasteiger partial charge on any atom is 0.131 e. The van der Waals surface area contributed by atoms with Gasteiger partial charge in [0.15, 0.2) is 0 Å². The maximum atomic E-state index is 13.0. The van der Waals surface area contributed by atoms with E-state index in [-0.39, 0.29) is 5.82 Å². The fraction of sp³-hybridized carbons (Fsp3) is 0.100. The van der Waals surface area contributed by atoms with Crippen molar-refractivity contribution in [2.24, 2.45) is 0 Å². The molecule has 66 valence electrons. The van der Waals surface area contributed by atoms with Crippen LogP contribution in [0.4, 0.5) is 4.39 Å². The molecule has 1 aromatic carbocycles. The highest BCUT2D eigenvalue weighted by atomic mass is 19.1. The van der Waals surface area contributed by atoms with Crippen LogP contribution >= 0.6 is 0 Å². The molecule has 0 radical (unpaired) electrons. The van der Waals surface area contributed by atoms with Gasteiger partial charge in [-0.3, -0.25) is 4.98 Å². The maximum absolute atomic E-state index is 13.0. The molecule has 0 unspecified atom stereocenters. The van der Waals surface area contributed by atoms with Crippen LogP contribution in [0.15, 0.2) is 30.6 Å². The molecule has 1 aromatic heterocycles. The molecule has 1 heterocycles. The largest absolute Gasteiger partial charge is 0.496 e. The first-order chi connectivity index (χ1) is 6.31. The van der Waals surface area contributed by atoms with E-state index < -0.39 is 0 Å². The van der Waals surface area contributed by atoms with Crippen LogP contribution in [0.2, 0.25) is 0 Å². The molecule has 0 N–H and O–H groups in total. The predicted octanol–water partition coefficient (Wildman–Crippen LogP) is 2.38. The SMILES string of the molecule is COc1cc(F)cc2ccncc12. The lowest BCUT2D eigenvalue weighted by Crippen LogP contribution is -1.87. The normalized spacial score (nSPS) is 10.3. The number of benzene rings is 1. The molecule has 0 atom stereocenters. The zero-order valence-corrected chi connectivity index (χ0v) is 7.12. The van der Waals surface area contributed by atoms with Crippen LogP contribution in [0.5, 0.6) is 5.75 Å². The van der Waals surface area contributed by atoms with Crippen LogP contribution in [0, 0.1) is 5.82 Å². The Morgan fingerprint density at radius 1 is 1.38 bits per heavy atom. The van der Waals surface area contributed by atoms with Gasteiger partial charge in [-0.05, 0) is 17.5 Å². The van der Waals surface area contributed by atoms with E-state index in [0.29, 0.717) is 5.75 Å². The molecular formula is C10H8FNO. The third kappa shape index (κ3) is 1.33. The molecule has 2 aromatic rings. The second-order valence-corrected chi connectivity index (χ2v) is 2.70. The first kappa shape index (κ1) is 7.98. The Balaban J connectivity index is 2.81. The summed E-state index contributed by atoms with van der Waals surface area (Å²) in [5, 5.41) is 1.62. The molecule has 0 saturated heterocycles. The lowest BCUT2D eigenvalue weighted by atomic mass is 10.1. The topological polar surface area (TPSA) is 22.1 Å². The van der Waals surface area contributed by atoms with Crippen LogP contribution in [-0.2, 0) is 0 Å². The lowest BCUT2D eigenvalue weighted by molar-refractivity contribution is 0.416. The Hall–Kier alpha value is -1.64. The van der Waals surface area contributed by atoms with E-state index >= 15 is 0 Å². The summed E-state index contributed by atoms with van der Waals surface area (Å²) >= 11 is 0. The van der Waals surface area contributed by atoms with Crippen molar-refractivity contribution in [3.8, 4) is 5.75 Å². The van der Waals surface area contributed by atoms with Gasteiger partial charge in [0.1, 0.15) is 11.6 Å². The number of aromatic nitrogens is 1. The summed E-state index contributed by atoms with van der Waals surface area (Å²) in [6.07, 6.45) is 3.29. The van der Waals surface area contributed by atoms with E-state index in [4.69, 9.17) is 4.74 Å². The van der Waals surface area contributed by atoms with Gasteiger partial charge in [0.05, 0.1) is 7.11 Å². The molecule has 0 fully saturated rings. The number of nitrogens with zero attached hydrogens (tertiary/aromatic N) is 1. The van der Waals surface area contributed by atoms with Crippen LogP contribution in [0.3, 0.4) is 0 Å². The van der Waals surface area contributed by atoms with Crippen molar-refractivity contribution in [1.82, 2.24) is 4.98 Å². The van der Waals surface area contributed by atoms with Gasteiger partial charge in [-0.15, -0.1) is 0 Å². The Kier molecular flexibility index (Phi) is 1.85. The fourth-order valence-electron chi connectivity index (χ4n) is 1.30. The number of hydrogen-bond acceptors (Lipinski definition) is 2. The summed E-state index contributed by atoms with van der Waals surface area (Å²) in [6, 6.07) is 4.56. The monoisotopic (exact) mass is 177 g/mol. The molecule has 0 aliphatic rings. The first-order valence-corrected chi connectivity index (χ1v) is 3.88. The van der Waals surface area contributed by atoms with Gasteiger partial charge in [-0.25, -0.2) is 4.39 Å². The number of fused-ring (bicyclic) bond motifs is 1. The Bertz CT molecular complexity index is 442. The van der Waals surface area contributed by atoms with E-state index in [2.05, 4.69) is 4.98 Å². The van der Waals surface area contributed by atoms with Crippen LogP contribution in [0.1, 0.15) is 0 Å². The smallest absolute Gasteiger partial charge is 0.131 e. The zero-order valence-electron chi connectivity index (χ0n) is 7.12. The van der Waals surface area contributed by atoms with Crippen LogP contribution in [-0.4, -0.2) is 12.1 Å². The minimum Gasteiger partial charge on any atom is -0.496 e. The molecule has 2 nitrogen and oxygen atoms in total. The van der Waals surface area contributed by atoms with E-state index in [1.165, 1.54) is 19.2 Å². The number of halogens is 1. The molecule has 3 heteroatoms. The summed E-state index contributed by atoms with van der Waals surface area (Å²) in [7, 11) is 1.52. The summed E-state index contributed by atoms with van der Waals surface area (Å²) in [6.45, 7) is 0. The number of rotatable bonds is 1. The van der Waals surface area contributed by atoms with Crippen LogP contribution < -0.4 is 4.74 Å². The third-order valence-electron chi connectivity index (χ3n) is 1.90. The van der Waals surface area contributed by atoms with Gasteiger partial charge in [0, 0.05) is 23.8 Å². The van der Waals surface area contributed by atoms with Crippen molar-refractivity contribution in [3.63, 3.8) is 0 Å². The van der Waals surface area contributed by atoms with Crippen molar-refractivity contribution in [2.45, 2.75) is 0 Å². The minimum atomic E-state index is -0.296. The number of pyridine rings is 1. The predicted molar refractivity (Wildman–Crippen MR) is 48.3 cm³/mol. The average Bonchev–Trinajstić information content (AvgIpc) is 2.16. The Morgan fingerprint density at radius 3 is 3.00 bits per heavy atom. The highest BCUT2D eigenvalue weighted by Gasteiger charge is 2.03. The molecule has 0 aliphatic carbocycles. The second-order valence-electron chi connectivity index (χ2n) is 2.70. The van der Waals surface area contributed by atoms with Crippen LogP contribution in [0.25, 0.3) is 10.8 Å². The van der Waals surface area contributed by atoms with Gasteiger partial charge in [-0.1, -0.05) is 0 Å². The molecular weight excluding hydrogens is 169 g/mol. The zero-order chi connectivity index (χ0) is 9.26. The fourth-order valence-corrected chi connectivity index (χ4v) is 1.30. The van der Waals surface area contributed by atoms with E-state index in [9.17, 15) is 4.39 Å². The number of ether oxygens (including phenoxy) is 1. The Morgan fingerprint density at radius 2 is 2.23 bits per heavy atom. The minimum absolute atomic E-state index is 0.296. The summed E-state index contributed by atoms with van der Waals surface area (Å²) in [5.41, 5.74) is 0. The first-order valence-electron chi connectivity index (χ1n) is 3.88. The molecule has 0 bridgehead atoms. The van der Waals surface area contributed by atoms with Gasteiger partial charge < -0.3 is 4.74 Å². The molecule has 13 heavy (non-hydrogen) atoms. The van der Waals surface area contributed by atoms with E-state index in [1.54, 1.807) is 18.5 Å².